The molecule has 50 valence electrons. The summed E-state index contributed by atoms with van der Waals surface area (Å²) in [6.07, 6.45) is 0. The third kappa shape index (κ3) is 2.88. The highest BCUT2D eigenvalue weighted by molar-refractivity contribution is 7.81. The van der Waals surface area contributed by atoms with Gasteiger partial charge in [0.25, 0.3) is 0 Å². The fourth-order valence-corrected chi connectivity index (χ4v) is 1.06. The van der Waals surface area contributed by atoms with Crippen molar-refractivity contribution in [2.24, 2.45) is 5.92 Å². The van der Waals surface area contributed by atoms with Crippen LogP contribution in [-0.4, -0.2) is 10.5 Å². The quantitative estimate of drug-likeness (QED) is 0.554. The van der Waals surface area contributed by atoms with Crippen LogP contribution in [0, 0.1) is 5.92 Å². The molecular weight excluding hydrogens is 136 g/mol. The van der Waals surface area contributed by atoms with Gasteiger partial charge < -0.3 is 0 Å². The summed E-state index contributed by atoms with van der Waals surface area (Å²) in [5.41, 5.74) is 0. The van der Waals surface area contributed by atoms with E-state index in [1.54, 1.807) is 0 Å². The highest BCUT2D eigenvalue weighted by Gasteiger charge is 2.11. The summed E-state index contributed by atoms with van der Waals surface area (Å²) in [5.74, 6) is 0.599. The van der Waals surface area contributed by atoms with Crippen molar-refractivity contribution in [2.75, 3.05) is 0 Å². The summed E-state index contributed by atoms with van der Waals surface area (Å²) in [7, 11) is 0. The van der Waals surface area contributed by atoms with E-state index in [1.165, 1.54) is 0 Å². The Morgan fingerprint density at radius 2 is 1.12 bits per heavy atom. The molecule has 2 unspecified atom stereocenters. The number of hydrogen-bond acceptors (Lipinski definition) is 2. The lowest BCUT2D eigenvalue weighted by atomic mass is 10.1. The van der Waals surface area contributed by atoms with Crippen LogP contribution < -0.4 is 0 Å². The van der Waals surface area contributed by atoms with Gasteiger partial charge in [0.15, 0.2) is 0 Å². The predicted molar refractivity (Wildman–Crippen MR) is 46.1 cm³/mol. The molecule has 0 nitrogen and oxygen atoms in total. The van der Waals surface area contributed by atoms with Gasteiger partial charge in [0.2, 0.25) is 0 Å². The van der Waals surface area contributed by atoms with Crippen LogP contribution in [0.1, 0.15) is 20.8 Å². The van der Waals surface area contributed by atoms with Crippen molar-refractivity contribution >= 4 is 25.3 Å². The fourth-order valence-electron chi connectivity index (χ4n) is 0.403. The Labute approximate surface area is 62.9 Å². The smallest absolute Gasteiger partial charge is 0.00244 e. The maximum Gasteiger partial charge on any atom is 0.00244 e. The molecule has 0 rings (SSSR count). The van der Waals surface area contributed by atoms with E-state index in [0.29, 0.717) is 16.4 Å². The van der Waals surface area contributed by atoms with Gasteiger partial charge in [-0.3, -0.25) is 0 Å². The Kier molecular flexibility index (Phi) is 4.00. The maximum absolute atomic E-state index is 4.28. The minimum atomic E-state index is 0.461. The molecule has 0 heterocycles. The van der Waals surface area contributed by atoms with Crippen LogP contribution in [0.25, 0.3) is 0 Å². The monoisotopic (exact) mass is 150 g/mol. The standard InChI is InChI=1S/C6H14S2/c1-4(5(2)7)6(3)8/h4-8H,1-3H3. The highest BCUT2D eigenvalue weighted by Crippen LogP contribution is 2.16. The summed E-state index contributed by atoms with van der Waals surface area (Å²) in [6, 6.07) is 0. The minimum absolute atomic E-state index is 0.461. The van der Waals surface area contributed by atoms with E-state index in [4.69, 9.17) is 0 Å². The van der Waals surface area contributed by atoms with Crippen LogP contribution in [-0.2, 0) is 0 Å². The van der Waals surface area contributed by atoms with Gasteiger partial charge in [0.1, 0.15) is 0 Å². The van der Waals surface area contributed by atoms with Crippen LogP contribution in [0.5, 0.6) is 0 Å². The molecule has 2 atom stereocenters. The first kappa shape index (κ1) is 8.70. The Morgan fingerprint density at radius 1 is 0.875 bits per heavy atom. The first-order chi connectivity index (χ1) is 3.55. The van der Waals surface area contributed by atoms with Crippen molar-refractivity contribution in [1.29, 1.82) is 0 Å². The number of thiol groups is 2. The van der Waals surface area contributed by atoms with Crippen LogP contribution in [0.3, 0.4) is 0 Å². The van der Waals surface area contributed by atoms with E-state index >= 15 is 0 Å². The molecule has 0 radical (unpaired) electrons. The SMILES string of the molecule is CC(S)C(C)C(C)S. The summed E-state index contributed by atoms with van der Waals surface area (Å²) >= 11 is 8.57. The van der Waals surface area contributed by atoms with Gasteiger partial charge in [-0.1, -0.05) is 20.8 Å². The van der Waals surface area contributed by atoms with Crippen molar-refractivity contribution < 1.29 is 0 Å². The lowest BCUT2D eigenvalue weighted by Gasteiger charge is -2.17. The average molecular weight is 150 g/mol. The first-order valence-corrected chi connectivity index (χ1v) is 3.95. The zero-order valence-electron chi connectivity index (χ0n) is 5.63. The largest absolute Gasteiger partial charge is 0.176 e. The fraction of sp³-hybridized carbons (Fsp3) is 1.00. The second kappa shape index (κ2) is 3.67. The molecule has 0 saturated heterocycles. The molecule has 2 heteroatoms. The molecule has 0 bridgehead atoms. The summed E-state index contributed by atoms with van der Waals surface area (Å²) in [4.78, 5) is 0. The van der Waals surface area contributed by atoms with Gasteiger partial charge >= 0.3 is 0 Å². The van der Waals surface area contributed by atoms with Crippen molar-refractivity contribution in [1.82, 2.24) is 0 Å². The van der Waals surface area contributed by atoms with Crippen molar-refractivity contribution in [3.8, 4) is 0 Å². The number of rotatable bonds is 2. The second-order valence-electron chi connectivity index (χ2n) is 2.34. The summed E-state index contributed by atoms with van der Waals surface area (Å²) < 4.78 is 0. The van der Waals surface area contributed by atoms with E-state index in [2.05, 4.69) is 46.0 Å². The molecule has 0 fully saturated rings. The molecule has 0 aromatic carbocycles. The normalized spacial score (nSPS) is 22.1. The van der Waals surface area contributed by atoms with Crippen LogP contribution >= 0.6 is 25.3 Å². The third-order valence-electron chi connectivity index (χ3n) is 1.52. The Morgan fingerprint density at radius 3 is 1.12 bits per heavy atom. The van der Waals surface area contributed by atoms with Crippen molar-refractivity contribution in [2.45, 2.75) is 31.3 Å². The van der Waals surface area contributed by atoms with Crippen molar-refractivity contribution in [3.05, 3.63) is 0 Å². The van der Waals surface area contributed by atoms with Crippen molar-refractivity contribution in [3.63, 3.8) is 0 Å². The summed E-state index contributed by atoms with van der Waals surface area (Å²) in [6.45, 7) is 6.36. The Hall–Kier alpha value is 0.700. The second-order valence-corrected chi connectivity index (χ2v) is 3.97. The van der Waals surface area contributed by atoms with E-state index in [-0.39, 0.29) is 0 Å². The topological polar surface area (TPSA) is 0 Å². The molecule has 0 N–H and O–H groups in total. The van der Waals surface area contributed by atoms with Crippen LogP contribution in [0.2, 0.25) is 0 Å². The Balaban J connectivity index is 3.46. The average Bonchev–Trinajstić information content (AvgIpc) is 1.64. The molecule has 0 aromatic heterocycles. The van der Waals surface area contributed by atoms with Gasteiger partial charge in [-0.25, -0.2) is 0 Å². The molecule has 8 heavy (non-hydrogen) atoms. The molecule has 0 aliphatic rings. The van der Waals surface area contributed by atoms with Gasteiger partial charge in [-0.05, 0) is 5.92 Å². The molecule has 0 spiro atoms. The van der Waals surface area contributed by atoms with Gasteiger partial charge in [0, 0.05) is 10.5 Å². The van der Waals surface area contributed by atoms with E-state index in [0.717, 1.165) is 0 Å². The highest BCUT2D eigenvalue weighted by atomic mass is 32.1. The zero-order valence-corrected chi connectivity index (χ0v) is 7.42. The number of hydrogen-bond donors (Lipinski definition) is 2. The molecule has 0 amide bonds. The van der Waals surface area contributed by atoms with Gasteiger partial charge in [-0.15, -0.1) is 0 Å². The zero-order chi connectivity index (χ0) is 6.73. The predicted octanol–water partition coefficient (Wildman–Crippen LogP) is 2.26. The Bertz CT molecular complexity index is 51.5. The van der Waals surface area contributed by atoms with Gasteiger partial charge in [-0.2, -0.15) is 25.3 Å². The van der Waals surface area contributed by atoms with E-state index in [1.807, 2.05) is 0 Å². The van der Waals surface area contributed by atoms with Crippen LogP contribution in [0.4, 0.5) is 0 Å². The van der Waals surface area contributed by atoms with Crippen LogP contribution in [0.15, 0.2) is 0 Å². The third-order valence-corrected chi connectivity index (χ3v) is 2.46. The lowest BCUT2D eigenvalue weighted by Crippen LogP contribution is -2.16. The minimum Gasteiger partial charge on any atom is -0.176 e. The van der Waals surface area contributed by atoms with E-state index < -0.39 is 0 Å². The maximum atomic E-state index is 4.28. The first-order valence-electron chi connectivity index (χ1n) is 2.92. The molecule has 0 aliphatic carbocycles. The molecule has 0 saturated carbocycles. The molecular formula is C6H14S2. The molecule has 0 aromatic rings. The lowest BCUT2D eigenvalue weighted by molar-refractivity contribution is 0.577. The molecule has 0 aliphatic heterocycles. The van der Waals surface area contributed by atoms with E-state index in [9.17, 15) is 0 Å². The summed E-state index contributed by atoms with van der Waals surface area (Å²) in [5, 5.41) is 0.921. The van der Waals surface area contributed by atoms with Gasteiger partial charge in [0.05, 0.1) is 0 Å².